The fraction of sp³-hybridized carbons (Fsp3) is 0.267. The minimum Gasteiger partial charge on any atom is -0.438 e. The molecule has 0 aliphatic rings. The second-order valence-electron chi connectivity index (χ2n) is 4.42. The highest BCUT2D eigenvalue weighted by molar-refractivity contribution is 5.46. The molecule has 94 valence electrons. The van der Waals surface area contributed by atoms with Crippen molar-refractivity contribution < 1.29 is 9.84 Å². The van der Waals surface area contributed by atoms with Gasteiger partial charge in [0.2, 0.25) is 5.88 Å². The molecule has 0 aliphatic carbocycles. The number of ether oxygens (including phenoxy) is 1. The van der Waals surface area contributed by atoms with Gasteiger partial charge in [-0.1, -0.05) is 12.1 Å². The maximum absolute atomic E-state index is 8.96. The summed E-state index contributed by atoms with van der Waals surface area (Å²) in [6, 6.07) is 7.70. The first-order valence-electron chi connectivity index (χ1n) is 5.92. The van der Waals surface area contributed by atoms with Gasteiger partial charge in [-0.2, -0.15) is 0 Å². The van der Waals surface area contributed by atoms with E-state index in [0.717, 1.165) is 22.4 Å². The van der Waals surface area contributed by atoms with E-state index in [2.05, 4.69) is 18.0 Å². The van der Waals surface area contributed by atoms with Crippen LogP contribution < -0.4 is 4.74 Å². The van der Waals surface area contributed by atoms with Crippen LogP contribution in [0.2, 0.25) is 0 Å². The standard InChI is InChI=1S/C15H17NO2/c1-10-4-5-11(2)15(12(10)3)18-14-7-6-13(9-17)8-16-14/h4-8,17H,9H2,1-3H3. The predicted molar refractivity (Wildman–Crippen MR) is 70.9 cm³/mol. The van der Waals surface area contributed by atoms with Gasteiger partial charge in [-0.3, -0.25) is 0 Å². The van der Waals surface area contributed by atoms with Crippen LogP contribution >= 0.6 is 0 Å². The van der Waals surface area contributed by atoms with Gasteiger partial charge in [-0.25, -0.2) is 4.98 Å². The van der Waals surface area contributed by atoms with Gasteiger partial charge < -0.3 is 9.84 Å². The molecule has 0 spiro atoms. The van der Waals surface area contributed by atoms with Gasteiger partial charge in [0, 0.05) is 12.3 Å². The minimum absolute atomic E-state index is 0.00419. The molecular weight excluding hydrogens is 226 g/mol. The molecule has 0 unspecified atom stereocenters. The van der Waals surface area contributed by atoms with E-state index in [1.807, 2.05) is 26.0 Å². The SMILES string of the molecule is Cc1ccc(C)c(Oc2ccc(CO)cn2)c1C. The monoisotopic (exact) mass is 243 g/mol. The fourth-order valence-electron chi connectivity index (χ4n) is 1.75. The van der Waals surface area contributed by atoms with Crippen molar-refractivity contribution in [3.8, 4) is 11.6 Å². The van der Waals surface area contributed by atoms with Crippen molar-refractivity contribution in [1.82, 2.24) is 4.98 Å². The normalized spacial score (nSPS) is 10.4. The number of rotatable bonds is 3. The Morgan fingerprint density at radius 2 is 1.78 bits per heavy atom. The van der Waals surface area contributed by atoms with Crippen LogP contribution in [0.5, 0.6) is 11.6 Å². The molecule has 0 atom stereocenters. The molecule has 0 saturated carbocycles. The maximum Gasteiger partial charge on any atom is 0.219 e. The predicted octanol–water partition coefficient (Wildman–Crippen LogP) is 3.29. The molecule has 1 aromatic carbocycles. The summed E-state index contributed by atoms with van der Waals surface area (Å²) in [5.41, 5.74) is 4.19. The molecule has 2 aromatic rings. The third-order valence-electron chi connectivity index (χ3n) is 3.06. The molecule has 0 aliphatic heterocycles. The Bertz CT molecular complexity index is 547. The van der Waals surface area contributed by atoms with E-state index in [1.54, 1.807) is 12.3 Å². The highest BCUT2D eigenvalue weighted by Gasteiger charge is 2.08. The minimum atomic E-state index is -0.00419. The molecule has 0 radical (unpaired) electrons. The van der Waals surface area contributed by atoms with Crippen LogP contribution in [-0.4, -0.2) is 10.1 Å². The summed E-state index contributed by atoms with van der Waals surface area (Å²) in [6.07, 6.45) is 1.62. The quantitative estimate of drug-likeness (QED) is 0.899. The Labute approximate surface area is 107 Å². The molecule has 0 saturated heterocycles. The first-order chi connectivity index (χ1) is 8.61. The Morgan fingerprint density at radius 3 is 2.39 bits per heavy atom. The van der Waals surface area contributed by atoms with Crippen LogP contribution in [0.4, 0.5) is 0 Å². The number of aliphatic hydroxyl groups excluding tert-OH is 1. The van der Waals surface area contributed by atoms with Gasteiger partial charge in [0.15, 0.2) is 0 Å². The number of hydrogen-bond acceptors (Lipinski definition) is 3. The summed E-state index contributed by atoms with van der Waals surface area (Å²) >= 11 is 0. The summed E-state index contributed by atoms with van der Waals surface area (Å²) in [7, 11) is 0. The number of hydrogen-bond donors (Lipinski definition) is 1. The lowest BCUT2D eigenvalue weighted by Gasteiger charge is -2.12. The zero-order valence-electron chi connectivity index (χ0n) is 10.9. The van der Waals surface area contributed by atoms with E-state index in [4.69, 9.17) is 9.84 Å². The summed E-state index contributed by atoms with van der Waals surface area (Å²) < 4.78 is 5.83. The summed E-state index contributed by atoms with van der Waals surface area (Å²) in [6.45, 7) is 6.11. The molecule has 18 heavy (non-hydrogen) atoms. The van der Waals surface area contributed by atoms with Gasteiger partial charge in [-0.15, -0.1) is 0 Å². The average Bonchev–Trinajstić information content (AvgIpc) is 2.40. The number of aryl methyl sites for hydroxylation is 2. The topological polar surface area (TPSA) is 42.4 Å². The summed E-state index contributed by atoms with van der Waals surface area (Å²) in [5, 5.41) is 8.96. The van der Waals surface area contributed by atoms with Crippen LogP contribution in [0.25, 0.3) is 0 Å². The van der Waals surface area contributed by atoms with Gasteiger partial charge in [0.05, 0.1) is 6.61 Å². The van der Waals surface area contributed by atoms with Crippen molar-refractivity contribution in [2.45, 2.75) is 27.4 Å². The number of pyridine rings is 1. The van der Waals surface area contributed by atoms with E-state index in [1.165, 1.54) is 5.56 Å². The number of aliphatic hydroxyl groups is 1. The third-order valence-corrected chi connectivity index (χ3v) is 3.06. The van der Waals surface area contributed by atoms with Crippen LogP contribution in [0.15, 0.2) is 30.5 Å². The van der Waals surface area contributed by atoms with Gasteiger partial charge in [0.1, 0.15) is 5.75 Å². The molecule has 0 fully saturated rings. The van der Waals surface area contributed by atoms with Crippen LogP contribution in [-0.2, 0) is 6.61 Å². The first kappa shape index (κ1) is 12.6. The molecule has 1 aromatic heterocycles. The van der Waals surface area contributed by atoms with E-state index in [0.29, 0.717) is 5.88 Å². The lowest BCUT2D eigenvalue weighted by molar-refractivity contribution is 0.281. The Balaban J connectivity index is 2.30. The van der Waals surface area contributed by atoms with E-state index < -0.39 is 0 Å². The number of benzene rings is 1. The molecular formula is C15H17NO2. The van der Waals surface area contributed by atoms with Crippen molar-refractivity contribution in [3.05, 3.63) is 52.7 Å². The lowest BCUT2D eigenvalue weighted by Crippen LogP contribution is -1.95. The smallest absolute Gasteiger partial charge is 0.219 e. The van der Waals surface area contributed by atoms with E-state index >= 15 is 0 Å². The van der Waals surface area contributed by atoms with E-state index in [9.17, 15) is 0 Å². The van der Waals surface area contributed by atoms with Crippen molar-refractivity contribution >= 4 is 0 Å². The Morgan fingerprint density at radius 1 is 1.06 bits per heavy atom. The summed E-state index contributed by atoms with van der Waals surface area (Å²) in [4.78, 5) is 4.17. The molecule has 1 heterocycles. The molecule has 1 N–H and O–H groups in total. The molecule has 0 amide bonds. The first-order valence-corrected chi connectivity index (χ1v) is 5.92. The average molecular weight is 243 g/mol. The van der Waals surface area contributed by atoms with Crippen molar-refractivity contribution in [2.75, 3.05) is 0 Å². The number of aromatic nitrogens is 1. The van der Waals surface area contributed by atoms with Gasteiger partial charge >= 0.3 is 0 Å². The van der Waals surface area contributed by atoms with Crippen molar-refractivity contribution in [3.63, 3.8) is 0 Å². The summed E-state index contributed by atoms with van der Waals surface area (Å²) in [5.74, 6) is 1.41. The maximum atomic E-state index is 8.96. The van der Waals surface area contributed by atoms with Crippen LogP contribution in [0.3, 0.4) is 0 Å². The van der Waals surface area contributed by atoms with Crippen molar-refractivity contribution in [2.24, 2.45) is 0 Å². The Kier molecular flexibility index (Phi) is 3.63. The second-order valence-corrected chi connectivity index (χ2v) is 4.42. The zero-order chi connectivity index (χ0) is 13.1. The van der Waals surface area contributed by atoms with Crippen LogP contribution in [0, 0.1) is 20.8 Å². The Hall–Kier alpha value is -1.87. The third kappa shape index (κ3) is 2.51. The highest BCUT2D eigenvalue weighted by Crippen LogP contribution is 2.29. The molecule has 3 nitrogen and oxygen atoms in total. The zero-order valence-corrected chi connectivity index (χ0v) is 10.9. The highest BCUT2D eigenvalue weighted by atomic mass is 16.5. The molecule has 2 rings (SSSR count). The fourth-order valence-corrected chi connectivity index (χ4v) is 1.75. The van der Waals surface area contributed by atoms with Gasteiger partial charge in [-0.05, 0) is 49.1 Å². The molecule has 3 heteroatoms. The van der Waals surface area contributed by atoms with E-state index in [-0.39, 0.29) is 6.61 Å². The van der Waals surface area contributed by atoms with Crippen molar-refractivity contribution in [1.29, 1.82) is 0 Å². The van der Waals surface area contributed by atoms with Gasteiger partial charge in [0.25, 0.3) is 0 Å². The largest absolute Gasteiger partial charge is 0.438 e. The van der Waals surface area contributed by atoms with Crippen LogP contribution in [0.1, 0.15) is 22.3 Å². The lowest BCUT2D eigenvalue weighted by atomic mass is 10.1. The number of nitrogens with zero attached hydrogens (tertiary/aromatic N) is 1. The second kappa shape index (κ2) is 5.19. The molecule has 0 bridgehead atoms.